The number of hydrogen-bond donors (Lipinski definition) is 4. The van der Waals surface area contributed by atoms with E-state index in [-0.39, 0.29) is 58.3 Å². The van der Waals surface area contributed by atoms with Gasteiger partial charge in [-0.2, -0.15) is 17.6 Å². The molecule has 2 aromatic heterocycles. The van der Waals surface area contributed by atoms with Crippen molar-refractivity contribution >= 4 is 35.0 Å². The number of piperidine rings is 1. The van der Waals surface area contributed by atoms with Crippen LogP contribution >= 0.6 is 0 Å². The molecule has 2 aliphatic carbocycles. The molecule has 4 heterocycles. The number of benzene rings is 3. The molecule has 3 aromatic carbocycles. The lowest BCUT2D eigenvalue weighted by Gasteiger charge is -2.37. The normalized spacial score (nSPS) is 22.3. The fourth-order valence-corrected chi connectivity index (χ4v) is 10.5. The van der Waals surface area contributed by atoms with E-state index < -0.39 is 53.3 Å². The molecule has 1 saturated carbocycles. The third-order valence-electron chi connectivity index (χ3n) is 13.9. The first-order valence-corrected chi connectivity index (χ1v) is 22.3. The zero-order chi connectivity index (χ0) is 47.0. The number of nitrogens with zero attached hydrogens (tertiary/aromatic N) is 4. The van der Waals surface area contributed by atoms with E-state index in [0.29, 0.717) is 58.9 Å². The molecule has 0 radical (unpaired) electrons. The molecule has 4 amide bonds. The van der Waals surface area contributed by atoms with Crippen molar-refractivity contribution in [1.29, 1.82) is 0 Å². The number of alkyl halides is 4. The van der Waals surface area contributed by atoms with Crippen molar-refractivity contribution in [1.82, 2.24) is 40.4 Å². The summed E-state index contributed by atoms with van der Waals surface area (Å²) in [7, 11) is 2.46. The topological polar surface area (TPSA) is 175 Å². The Balaban J connectivity index is 0.986. The van der Waals surface area contributed by atoms with Gasteiger partial charge in [-0.3, -0.25) is 9.59 Å². The van der Waals surface area contributed by atoms with E-state index >= 15 is 17.6 Å². The molecular weight excluding hydrogens is 861 g/mol. The van der Waals surface area contributed by atoms with E-state index in [1.807, 2.05) is 18.7 Å². The van der Waals surface area contributed by atoms with Gasteiger partial charge in [-0.05, 0) is 96.4 Å². The fourth-order valence-electron chi connectivity index (χ4n) is 10.5. The van der Waals surface area contributed by atoms with Gasteiger partial charge in [0.15, 0.2) is 0 Å². The number of alkyl carbamates (subject to hydrolysis) is 2. The van der Waals surface area contributed by atoms with Crippen molar-refractivity contribution < 1.29 is 46.2 Å². The summed E-state index contributed by atoms with van der Waals surface area (Å²) in [5.74, 6) is -9.04. The number of carbonyl (C=O) groups excluding carboxylic acids is 4. The SMILES string of the molecule is COC(=O)N[C@H](C(=O)N1CCC[C@H]1c1ncc(-c2ccc3c(c2)C(F)(F)C(F)(F)c2cc(-c4ccc5nc([C@@H]6C7CC[C@H](C7)N6C(=O)[C@@H](NC(=O)OC)C(C)C)[nH]c5c4)ccc2-3)[nH]1)C(C)C. The third kappa shape index (κ3) is 7.41. The van der Waals surface area contributed by atoms with Crippen molar-refractivity contribution in [3.8, 4) is 33.5 Å². The number of amides is 4. The Morgan fingerprint density at radius 1 is 0.742 bits per heavy atom. The number of hydrogen-bond acceptors (Lipinski definition) is 8. The number of likely N-dealkylation sites (tertiary alicyclic amines) is 2. The standard InChI is InChI=1S/C48H52F4N8O6/c1-23(2)38(57-45(63)65-5)43(61)59-17-7-8-37(59)41-53-22-36(56-41)27-11-15-31-30-14-10-25(19-32(30)47(49,50)48(51,52)33(31)20-27)26-12-16-34-35(21-26)55-42(54-34)40-28-9-13-29(18-28)60(40)44(62)39(24(3)4)58-46(64)66-6/h10-12,14-16,19-24,28-29,37-40H,7-9,13,17-18H2,1-6H3,(H,53,56)(H,54,55)(H,57,63)(H,58,64)/t28?,29-,37+,38+,39+,40+/m1/s1. The average Bonchev–Trinajstić information content (AvgIpc) is 4.17. The van der Waals surface area contributed by atoms with E-state index in [2.05, 4.69) is 25.6 Å². The van der Waals surface area contributed by atoms with E-state index in [9.17, 15) is 19.2 Å². The van der Waals surface area contributed by atoms with Crippen LogP contribution in [0.2, 0.25) is 0 Å². The smallest absolute Gasteiger partial charge is 0.407 e. The Hall–Kier alpha value is -6.46. The summed E-state index contributed by atoms with van der Waals surface area (Å²) in [6.45, 7) is 7.72. The summed E-state index contributed by atoms with van der Waals surface area (Å²) in [6.07, 6.45) is 3.77. The highest BCUT2D eigenvalue weighted by Crippen LogP contribution is 2.59. The number of aromatic amines is 2. The maximum Gasteiger partial charge on any atom is 0.407 e. The minimum Gasteiger partial charge on any atom is -0.453 e. The van der Waals surface area contributed by atoms with Crippen molar-refractivity contribution in [3.63, 3.8) is 0 Å². The number of aromatic nitrogens is 4. The molecule has 66 heavy (non-hydrogen) atoms. The van der Waals surface area contributed by atoms with E-state index in [1.165, 1.54) is 32.5 Å². The molecule has 348 valence electrons. The summed E-state index contributed by atoms with van der Waals surface area (Å²) in [5.41, 5.74) is 0.832. The highest BCUT2D eigenvalue weighted by atomic mass is 19.3. The Bertz CT molecular complexity index is 2740. The van der Waals surface area contributed by atoms with E-state index in [4.69, 9.17) is 14.5 Å². The molecule has 6 atom stereocenters. The number of methoxy groups -OCH3 is 2. The minimum atomic E-state index is -4.59. The quantitative estimate of drug-likeness (QED) is 0.101. The first kappa shape index (κ1) is 44.7. The van der Waals surface area contributed by atoms with Crippen molar-refractivity contribution in [2.45, 2.75) is 102 Å². The highest BCUT2D eigenvalue weighted by Gasteiger charge is 2.63. The van der Waals surface area contributed by atoms with Crippen molar-refractivity contribution in [2.24, 2.45) is 17.8 Å². The van der Waals surface area contributed by atoms with Gasteiger partial charge in [0.1, 0.15) is 23.7 Å². The van der Waals surface area contributed by atoms with Crippen LogP contribution in [0.1, 0.15) is 94.7 Å². The lowest BCUT2D eigenvalue weighted by Crippen LogP contribution is -2.54. The molecule has 4 N–H and O–H groups in total. The van der Waals surface area contributed by atoms with Gasteiger partial charge in [-0.15, -0.1) is 0 Å². The van der Waals surface area contributed by atoms with Gasteiger partial charge in [0, 0.05) is 29.3 Å². The van der Waals surface area contributed by atoms with Gasteiger partial charge < -0.3 is 39.9 Å². The minimum absolute atomic E-state index is 0.0169. The molecule has 18 heteroatoms. The average molecular weight is 913 g/mol. The number of carbonyl (C=O) groups is 4. The van der Waals surface area contributed by atoms with Gasteiger partial charge >= 0.3 is 24.0 Å². The van der Waals surface area contributed by atoms with E-state index in [0.717, 1.165) is 31.4 Å². The number of fused-ring (bicyclic) bond motifs is 6. The summed E-state index contributed by atoms with van der Waals surface area (Å²) in [4.78, 5) is 71.2. The maximum absolute atomic E-state index is 16.3. The zero-order valence-electron chi connectivity index (χ0n) is 37.4. The molecule has 9 rings (SSSR count). The number of rotatable bonds is 10. The number of imidazole rings is 2. The second-order valence-electron chi connectivity index (χ2n) is 18.5. The summed E-state index contributed by atoms with van der Waals surface area (Å²) in [5, 5.41) is 5.29. The third-order valence-corrected chi connectivity index (χ3v) is 13.9. The first-order valence-electron chi connectivity index (χ1n) is 22.3. The molecule has 3 fully saturated rings. The van der Waals surface area contributed by atoms with Crippen LogP contribution in [-0.4, -0.2) is 92.6 Å². The van der Waals surface area contributed by atoms with Crippen LogP contribution < -0.4 is 10.6 Å². The lowest BCUT2D eigenvalue weighted by atomic mass is 9.78. The lowest BCUT2D eigenvalue weighted by molar-refractivity contribution is -0.225. The number of ether oxygens (including phenoxy) is 2. The zero-order valence-corrected chi connectivity index (χ0v) is 37.4. The molecule has 5 aromatic rings. The predicted octanol–water partition coefficient (Wildman–Crippen LogP) is 8.96. The molecule has 0 spiro atoms. The fraction of sp³-hybridized carbons (Fsp3) is 0.458. The predicted molar refractivity (Wildman–Crippen MR) is 235 cm³/mol. The van der Waals surface area contributed by atoms with Crippen molar-refractivity contribution in [3.05, 3.63) is 83.6 Å². The first-order chi connectivity index (χ1) is 31.4. The molecule has 14 nitrogen and oxygen atoms in total. The Labute approximate surface area is 378 Å². The van der Waals surface area contributed by atoms with Gasteiger partial charge in [-0.25, -0.2) is 19.6 Å². The summed E-state index contributed by atoms with van der Waals surface area (Å²) >= 11 is 0. The Morgan fingerprint density at radius 3 is 1.97 bits per heavy atom. The van der Waals surface area contributed by atoms with Crippen LogP contribution in [0, 0.1) is 17.8 Å². The van der Waals surface area contributed by atoms with Gasteiger partial charge in [-0.1, -0.05) is 58.0 Å². The second-order valence-corrected chi connectivity index (χ2v) is 18.5. The molecule has 4 aliphatic rings. The molecule has 2 bridgehead atoms. The Morgan fingerprint density at radius 2 is 1.33 bits per heavy atom. The van der Waals surface area contributed by atoms with Gasteiger partial charge in [0.05, 0.1) is 49.2 Å². The van der Waals surface area contributed by atoms with Crippen LogP contribution in [0.3, 0.4) is 0 Å². The monoisotopic (exact) mass is 912 g/mol. The maximum atomic E-state index is 16.3. The highest BCUT2D eigenvalue weighted by molar-refractivity contribution is 5.89. The number of H-pyrrole nitrogens is 2. The Kier molecular flexibility index (Phi) is 11.4. The van der Waals surface area contributed by atoms with Crippen LogP contribution in [0.5, 0.6) is 0 Å². The van der Waals surface area contributed by atoms with Crippen LogP contribution in [-0.2, 0) is 30.9 Å². The van der Waals surface area contributed by atoms with Crippen molar-refractivity contribution in [2.75, 3.05) is 20.8 Å². The van der Waals surface area contributed by atoms with E-state index in [1.54, 1.807) is 49.1 Å². The van der Waals surface area contributed by atoms with Crippen LogP contribution in [0.4, 0.5) is 27.2 Å². The summed E-state index contributed by atoms with van der Waals surface area (Å²) in [6, 6.07) is 10.9. The second kappa shape index (κ2) is 16.8. The largest absolute Gasteiger partial charge is 0.453 e. The number of halogens is 4. The van der Waals surface area contributed by atoms with Gasteiger partial charge in [0.2, 0.25) is 11.8 Å². The molecule has 2 saturated heterocycles. The van der Waals surface area contributed by atoms with Crippen LogP contribution in [0.15, 0.2) is 60.8 Å². The van der Waals surface area contributed by atoms with Crippen LogP contribution in [0.25, 0.3) is 44.5 Å². The molecule has 1 unspecified atom stereocenters. The molecule has 2 aliphatic heterocycles. The van der Waals surface area contributed by atoms with Gasteiger partial charge in [0.25, 0.3) is 0 Å². The molecular formula is C48H52F4N8O6. The summed E-state index contributed by atoms with van der Waals surface area (Å²) < 4.78 is 74.7. The number of nitrogens with one attached hydrogen (secondary N) is 4.